The summed E-state index contributed by atoms with van der Waals surface area (Å²) in [6.45, 7) is 0. The van der Waals surface area contributed by atoms with E-state index in [1.165, 1.54) is 21.3 Å². The van der Waals surface area contributed by atoms with Gasteiger partial charge in [0.1, 0.15) is 17.7 Å². The second kappa shape index (κ2) is 8.54. The number of ether oxygens (including phenoxy) is 2. The predicted molar refractivity (Wildman–Crippen MR) is 105 cm³/mol. The normalized spacial score (nSPS) is 21.1. The summed E-state index contributed by atoms with van der Waals surface area (Å²) in [5.41, 5.74) is 0.323. The van der Waals surface area contributed by atoms with Crippen molar-refractivity contribution < 1.29 is 31.5 Å². The van der Waals surface area contributed by atoms with Gasteiger partial charge >= 0.3 is 0 Å². The molecule has 1 saturated heterocycles. The zero-order valence-electron chi connectivity index (χ0n) is 16.5. The van der Waals surface area contributed by atoms with Gasteiger partial charge in [0.25, 0.3) is 10.2 Å². The lowest BCUT2D eigenvalue weighted by atomic mass is 9.99. The Morgan fingerprint density at radius 2 is 1.83 bits per heavy atom. The summed E-state index contributed by atoms with van der Waals surface area (Å²) in [7, 11) is 0.177. The van der Waals surface area contributed by atoms with Gasteiger partial charge in [0.15, 0.2) is 11.5 Å². The van der Waals surface area contributed by atoms with Crippen molar-refractivity contribution in [3.63, 3.8) is 0 Å². The monoisotopic (exact) mass is 441 g/mol. The molecular formula is C19H21F2N3O5S. The number of carbonyl (C=O) groups is 1. The molecule has 3 rings (SSSR count). The molecular weight excluding hydrogens is 420 g/mol. The van der Waals surface area contributed by atoms with E-state index in [9.17, 15) is 22.0 Å². The summed E-state index contributed by atoms with van der Waals surface area (Å²) in [4.78, 5) is 12.8. The molecule has 0 aromatic heterocycles. The van der Waals surface area contributed by atoms with Crippen LogP contribution in [0.5, 0.6) is 11.5 Å². The maximum absolute atomic E-state index is 13.9. The largest absolute Gasteiger partial charge is 0.493 e. The summed E-state index contributed by atoms with van der Waals surface area (Å²) >= 11 is 0. The number of likely N-dealkylation sites (N-methyl/N-ethyl adjacent to an activating group) is 1. The summed E-state index contributed by atoms with van der Waals surface area (Å²) < 4.78 is 66.0. The van der Waals surface area contributed by atoms with Crippen LogP contribution >= 0.6 is 0 Å². The van der Waals surface area contributed by atoms with Crippen LogP contribution in [0, 0.1) is 11.6 Å². The van der Waals surface area contributed by atoms with E-state index < -0.39 is 39.8 Å². The fourth-order valence-electron chi connectivity index (χ4n) is 3.20. The third-order valence-corrected chi connectivity index (χ3v) is 6.46. The molecule has 2 N–H and O–H groups in total. The van der Waals surface area contributed by atoms with Gasteiger partial charge in [-0.25, -0.2) is 8.78 Å². The Morgan fingerprint density at radius 1 is 1.13 bits per heavy atom. The molecule has 2 aromatic rings. The number of methoxy groups -OCH3 is 2. The van der Waals surface area contributed by atoms with Gasteiger partial charge in [0.2, 0.25) is 5.91 Å². The molecule has 11 heteroatoms. The van der Waals surface area contributed by atoms with Crippen molar-refractivity contribution in [2.75, 3.05) is 26.6 Å². The number of benzene rings is 2. The third-order valence-electron chi connectivity index (χ3n) is 4.87. The lowest BCUT2D eigenvalue weighted by Gasteiger charge is -2.36. The number of hydrogen-bond donors (Lipinski definition) is 2. The van der Waals surface area contributed by atoms with Crippen LogP contribution in [-0.4, -0.2) is 45.9 Å². The van der Waals surface area contributed by atoms with E-state index in [4.69, 9.17) is 9.47 Å². The molecule has 1 aliphatic rings. The Morgan fingerprint density at radius 3 is 2.47 bits per heavy atom. The lowest BCUT2D eigenvalue weighted by molar-refractivity contribution is -0.120. The Hall–Kier alpha value is -2.76. The van der Waals surface area contributed by atoms with Crippen molar-refractivity contribution in [2.24, 2.45) is 0 Å². The molecule has 2 atom stereocenters. The van der Waals surface area contributed by atoms with Crippen molar-refractivity contribution in [3.05, 3.63) is 53.6 Å². The maximum atomic E-state index is 13.9. The van der Waals surface area contributed by atoms with Crippen LogP contribution in [0.15, 0.2) is 36.4 Å². The molecule has 2 aromatic carbocycles. The molecule has 30 heavy (non-hydrogen) atoms. The number of nitrogens with one attached hydrogen (secondary N) is 2. The van der Waals surface area contributed by atoms with Gasteiger partial charge in [-0.15, -0.1) is 0 Å². The van der Waals surface area contributed by atoms with Crippen LogP contribution in [0.25, 0.3) is 0 Å². The minimum absolute atomic E-state index is 0.0693. The maximum Gasteiger partial charge on any atom is 0.280 e. The highest BCUT2D eigenvalue weighted by Gasteiger charge is 2.41. The van der Waals surface area contributed by atoms with Crippen LogP contribution in [0.2, 0.25) is 0 Å². The quantitative estimate of drug-likeness (QED) is 0.742. The van der Waals surface area contributed by atoms with Crippen molar-refractivity contribution in [1.82, 2.24) is 9.03 Å². The zero-order valence-corrected chi connectivity index (χ0v) is 17.3. The Labute approximate surface area is 173 Å². The average molecular weight is 441 g/mol. The topological polar surface area (TPSA) is 97.0 Å². The molecule has 0 aliphatic carbocycles. The molecule has 1 aliphatic heterocycles. The molecule has 1 heterocycles. The molecule has 8 nitrogen and oxygen atoms in total. The second-order valence-corrected chi connectivity index (χ2v) is 8.43. The minimum Gasteiger partial charge on any atom is -0.493 e. The molecule has 0 radical (unpaired) electrons. The van der Waals surface area contributed by atoms with Crippen molar-refractivity contribution in [3.8, 4) is 11.5 Å². The smallest absolute Gasteiger partial charge is 0.280 e. The van der Waals surface area contributed by atoms with Gasteiger partial charge in [-0.3, -0.25) is 4.79 Å². The van der Waals surface area contributed by atoms with Crippen molar-refractivity contribution >= 4 is 21.8 Å². The summed E-state index contributed by atoms with van der Waals surface area (Å²) in [6, 6.07) is 5.74. The lowest BCUT2D eigenvalue weighted by Crippen LogP contribution is -2.56. The highest BCUT2D eigenvalue weighted by molar-refractivity contribution is 7.87. The first-order valence-electron chi connectivity index (χ1n) is 8.89. The first-order valence-corrected chi connectivity index (χ1v) is 10.3. The summed E-state index contributed by atoms with van der Waals surface area (Å²) in [6.07, 6.45) is 0.0693. The van der Waals surface area contributed by atoms with Gasteiger partial charge in [-0.1, -0.05) is 6.07 Å². The molecule has 0 saturated carbocycles. The molecule has 1 fully saturated rings. The number of carbonyl (C=O) groups excluding carboxylic acids is 1. The van der Waals surface area contributed by atoms with Gasteiger partial charge in [-0.05, 0) is 36.2 Å². The van der Waals surface area contributed by atoms with E-state index in [1.54, 1.807) is 18.2 Å². The number of halogens is 2. The highest BCUT2D eigenvalue weighted by Crippen LogP contribution is 2.34. The summed E-state index contributed by atoms with van der Waals surface area (Å²) in [5, 5.41) is 2.33. The molecule has 1 amide bonds. The Balaban J connectivity index is 1.88. The number of rotatable bonds is 5. The zero-order chi connectivity index (χ0) is 22.1. The molecule has 0 spiro atoms. The van der Waals surface area contributed by atoms with Gasteiger partial charge in [0, 0.05) is 13.1 Å². The Kier molecular flexibility index (Phi) is 6.25. The van der Waals surface area contributed by atoms with Crippen molar-refractivity contribution in [2.45, 2.75) is 18.5 Å². The van der Waals surface area contributed by atoms with E-state index in [0.717, 1.165) is 16.4 Å². The van der Waals surface area contributed by atoms with Crippen LogP contribution < -0.4 is 19.5 Å². The fourth-order valence-corrected chi connectivity index (χ4v) is 4.48. The van der Waals surface area contributed by atoms with E-state index in [1.807, 2.05) is 0 Å². The van der Waals surface area contributed by atoms with Crippen LogP contribution in [-0.2, 0) is 15.0 Å². The van der Waals surface area contributed by atoms with E-state index in [0.29, 0.717) is 23.1 Å². The standard InChI is InChI=1S/C19H21F2N3O5S/c1-24-16(19(25)22-14-6-5-12(20)9-13(14)21)10-15(23-30(24,26)27)11-4-7-17(28-2)18(8-11)29-3/h4-9,15-16,23H,10H2,1-3H3,(H,22,25)/t15-,16+/m0/s1. The van der Waals surface area contributed by atoms with E-state index >= 15 is 0 Å². The van der Waals surface area contributed by atoms with E-state index in [-0.39, 0.29) is 12.1 Å². The van der Waals surface area contributed by atoms with Gasteiger partial charge in [-0.2, -0.15) is 17.4 Å². The first-order chi connectivity index (χ1) is 14.2. The number of anilines is 1. The average Bonchev–Trinajstić information content (AvgIpc) is 2.71. The van der Waals surface area contributed by atoms with Gasteiger partial charge < -0.3 is 14.8 Å². The molecule has 0 unspecified atom stereocenters. The SMILES string of the molecule is COc1ccc([C@@H]2C[C@H](C(=O)Nc3ccc(F)cc3F)N(C)S(=O)(=O)N2)cc1OC. The number of nitrogens with zero attached hydrogens (tertiary/aromatic N) is 1. The van der Waals surface area contributed by atoms with E-state index in [2.05, 4.69) is 10.0 Å². The van der Waals surface area contributed by atoms with Crippen LogP contribution in [0.4, 0.5) is 14.5 Å². The number of amides is 1. The van der Waals surface area contributed by atoms with Crippen molar-refractivity contribution in [1.29, 1.82) is 0 Å². The Bertz CT molecular complexity index is 1060. The summed E-state index contributed by atoms with van der Waals surface area (Å²) in [5.74, 6) is -1.61. The number of hydrogen-bond acceptors (Lipinski definition) is 5. The van der Waals surface area contributed by atoms with Crippen LogP contribution in [0.1, 0.15) is 18.0 Å². The second-order valence-electron chi connectivity index (χ2n) is 6.67. The predicted octanol–water partition coefficient (Wildman–Crippen LogP) is 2.20. The molecule has 162 valence electrons. The highest BCUT2D eigenvalue weighted by atomic mass is 32.2. The third kappa shape index (κ3) is 4.37. The van der Waals surface area contributed by atoms with Crippen LogP contribution in [0.3, 0.4) is 0 Å². The first kappa shape index (κ1) is 21.9. The fraction of sp³-hybridized carbons (Fsp3) is 0.316. The van der Waals surface area contributed by atoms with Gasteiger partial charge in [0.05, 0.1) is 25.9 Å². The minimum atomic E-state index is -4.00. The molecule has 0 bridgehead atoms.